The molecule has 0 aliphatic carbocycles. The standard InChI is InChI=1S/C28H28Cl2N6O3/c1-14(2)35-22(20-12-32-28(31-4)33-25(20)39-6)11-19-24(35)23(18-8-7-16(29)9-15(18)3)36(26(19)37)17-10-21(30)27(38)34(5)13-17/h7-14,23H,1-6H3,(H,31,32,33). The van der Waals surface area contributed by atoms with Crippen molar-refractivity contribution in [2.45, 2.75) is 32.9 Å². The maximum atomic E-state index is 14.2. The average molecular weight is 567 g/mol. The lowest BCUT2D eigenvalue weighted by Crippen LogP contribution is -2.32. The fourth-order valence-corrected chi connectivity index (χ4v) is 5.70. The molecule has 0 saturated carbocycles. The molecule has 0 bridgehead atoms. The predicted octanol–water partition coefficient (Wildman–Crippen LogP) is 5.64. The molecule has 1 atom stereocenters. The molecule has 0 fully saturated rings. The number of hydrogen-bond donors (Lipinski definition) is 1. The number of carbonyl (C=O) groups is 1. The van der Waals surface area contributed by atoms with Gasteiger partial charge in [0.15, 0.2) is 0 Å². The third-order valence-corrected chi connectivity index (χ3v) is 7.44. The summed E-state index contributed by atoms with van der Waals surface area (Å²) < 4.78 is 9.12. The fourth-order valence-electron chi connectivity index (χ4n) is 5.23. The molecular formula is C28H28Cl2N6O3. The molecule has 0 spiro atoms. The van der Waals surface area contributed by atoms with Crippen molar-refractivity contribution >= 4 is 40.7 Å². The first kappa shape index (κ1) is 26.8. The molecule has 202 valence electrons. The van der Waals surface area contributed by atoms with Crippen molar-refractivity contribution in [3.63, 3.8) is 0 Å². The van der Waals surface area contributed by atoms with E-state index in [1.807, 2.05) is 31.2 Å². The van der Waals surface area contributed by atoms with Crippen LogP contribution in [0.5, 0.6) is 5.88 Å². The molecular weight excluding hydrogens is 539 g/mol. The summed E-state index contributed by atoms with van der Waals surface area (Å²) in [7, 11) is 4.90. The number of benzene rings is 1. The summed E-state index contributed by atoms with van der Waals surface area (Å²) in [6.07, 6.45) is 3.32. The van der Waals surface area contributed by atoms with Crippen molar-refractivity contribution in [3.8, 4) is 17.1 Å². The highest BCUT2D eigenvalue weighted by Gasteiger charge is 2.44. The van der Waals surface area contributed by atoms with Gasteiger partial charge >= 0.3 is 0 Å². The molecule has 0 radical (unpaired) electrons. The van der Waals surface area contributed by atoms with Gasteiger partial charge in [-0.25, -0.2) is 4.98 Å². The van der Waals surface area contributed by atoms with E-state index in [4.69, 9.17) is 27.9 Å². The number of pyridine rings is 1. The van der Waals surface area contributed by atoms with Gasteiger partial charge in [-0.15, -0.1) is 0 Å². The molecule has 4 heterocycles. The Morgan fingerprint density at radius 1 is 1.10 bits per heavy atom. The molecule has 4 aromatic rings. The first-order valence-corrected chi connectivity index (χ1v) is 13.1. The second kappa shape index (κ2) is 10.1. The van der Waals surface area contributed by atoms with Crippen LogP contribution in [0, 0.1) is 6.92 Å². The van der Waals surface area contributed by atoms with Crippen LogP contribution < -0.4 is 20.5 Å². The number of fused-ring (bicyclic) bond motifs is 1. The summed E-state index contributed by atoms with van der Waals surface area (Å²) in [5, 5.41) is 3.56. The Hall–Kier alpha value is -3.82. The molecule has 9 nitrogen and oxygen atoms in total. The quantitative estimate of drug-likeness (QED) is 0.324. The van der Waals surface area contributed by atoms with E-state index in [9.17, 15) is 9.59 Å². The lowest BCUT2D eigenvalue weighted by atomic mass is 9.98. The van der Waals surface area contributed by atoms with Crippen molar-refractivity contribution < 1.29 is 9.53 Å². The summed E-state index contributed by atoms with van der Waals surface area (Å²) >= 11 is 12.6. The van der Waals surface area contributed by atoms with Crippen molar-refractivity contribution in [2.24, 2.45) is 7.05 Å². The van der Waals surface area contributed by atoms with E-state index in [0.717, 1.165) is 22.5 Å². The second-order valence-corrected chi connectivity index (χ2v) is 10.5. The largest absolute Gasteiger partial charge is 0.480 e. The highest BCUT2D eigenvalue weighted by Crippen LogP contribution is 2.47. The van der Waals surface area contributed by atoms with Gasteiger partial charge in [-0.3, -0.25) is 14.5 Å². The van der Waals surface area contributed by atoms with Crippen LogP contribution in [0.3, 0.4) is 0 Å². The van der Waals surface area contributed by atoms with Crippen molar-refractivity contribution in [3.05, 3.63) is 85.5 Å². The van der Waals surface area contributed by atoms with Crippen LogP contribution in [0.4, 0.5) is 11.6 Å². The van der Waals surface area contributed by atoms with E-state index in [-0.39, 0.29) is 22.5 Å². The molecule has 1 aromatic carbocycles. The number of aromatic nitrogens is 4. The fraction of sp³-hybridized carbons (Fsp3) is 0.286. The molecule has 1 aliphatic rings. The Morgan fingerprint density at radius 3 is 2.46 bits per heavy atom. The average Bonchev–Trinajstić information content (AvgIpc) is 3.42. The number of hydrogen-bond acceptors (Lipinski definition) is 6. The Kier molecular flexibility index (Phi) is 6.90. The molecule has 1 unspecified atom stereocenters. The maximum absolute atomic E-state index is 14.2. The zero-order chi connectivity index (χ0) is 28.2. The highest BCUT2D eigenvalue weighted by atomic mass is 35.5. The van der Waals surface area contributed by atoms with E-state index in [1.165, 1.54) is 4.57 Å². The molecule has 1 aliphatic heterocycles. The van der Waals surface area contributed by atoms with E-state index in [1.54, 1.807) is 44.6 Å². The number of anilines is 2. The van der Waals surface area contributed by atoms with Crippen LogP contribution in [-0.2, 0) is 7.05 Å². The van der Waals surface area contributed by atoms with E-state index in [0.29, 0.717) is 33.7 Å². The number of halogens is 2. The lowest BCUT2D eigenvalue weighted by Gasteiger charge is -2.30. The van der Waals surface area contributed by atoms with Crippen molar-refractivity contribution in [2.75, 3.05) is 24.4 Å². The second-order valence-electron chi connectivity index (χ2n) is 9.70. The van der Waals surface area contributed by atoms with Gasteiger partial charge in [0, 0.05) is 37.6 Å². The highest BCUT2D eigenvalue weighted by molar-refractivity contribution is 6.31. The normalized spacial score (nSPS) is 14.7. The molecule has 3 aromatic heterocycles. The van der Waals surface area contributed by atoms with E-state index >= 15 is 0 Å². The monoisotopic (exact) mass is 566 g/mol. The number of rotatable bonds is 6. The van der Waals surface area contributed by atoms with Gasteiger partial charge < -0.3 is 19.2 Å². The summed E-state index contributed by atoms with van der Waals surface area (Å²) in [5.74, 6) is 0.599. The zero-order valence-corrected chi connectivity index (χ0v) is 23.9. The van der Waals surface area contributed by atoms with Crippen LogP contribution in [0.1, 0.15) is 53.1 Å². The molecule has 11 heteroatoms. The minimum absolute atomic E-state index is 0.0323. The number of nitrogens with one attached hydrogen (secondary N) is 1. The number of carbonyl (C=O) groups excluding carboxylic acids is 1. The van der Waals surface area contributed by atoms with Crippen LogP contribution in [0.2, 0.25) is 10.0 Å². The number of amides is 1. The van der Waals surface area contributed by atoms with Crippen molar-refractivity contribution in [1.29, 1.82) is 0 Å². The molecule has 1 amide bonds. The molecule has 5 rings (SSSR count). The summed E-state index contributed by atoms with van der Waals surface area (Å²) in [5.41, 5.74) is 4.76. The van der Waals surface area contributed by atoms with Gasteiger partial charge in [-0.2, -0.15) is 4.98 Å². The lowest BCUT2D eigenvalue weighted by molar-refractivity contribution is 0.0993. The van der Waals surface area contributed by atoms with Crippen LogP contribution in [-0.4, -0.2) is 39.2 Å². The number of nitrogens with zero attached hydrogens (tertiary/aromatic N) is 5. The van der Waals surface area contributed by atoms with E-state index < -0.39 is 6.04 Å². The molecule has 0 saturated heterocycles. The van der Waals surface area contributed by atoms with Gasteiger partial charge in [0.2, 0.25) is 11.8 Å². The Bertz CT molecular complexity index is 1650. The van der Waals surface area contributed by atoms with Gasteiger partial charge in [0.1, 0.15) is 11.1 Å². The van der Waals surface area contributed by atoms with Gasteiger partial charge in [-0.1, -0.05) is 29.3 Å². The number of methoxy groups -OCH3 is 1. The third kappa shape index (κ3) is 4.35. The molecule has 1 N–H and O–H groups in total. The SMILES string of the molecule is CNc1ncc(-c2cc3c(n2C(C)C)C(c2ccc(Cl)cc2C)N(c2cc(Cl)c(=O)n(C)c2)C3=O)c(OC)n1. The van der Waals surface area contributed by atoms with Gasteiger partial charge in [-0.05, 0) is 56.2 Å². The Balaban J connectivity index is 1.81. The summed E-state index contributed by atoms with van der Waals surface area (Å²) in [6, 6.07) is 8.48. The number of aryl methyl sites for hydroxylation is 2. The smallest absolute Gasteiger partial charge is 0.269 e. The predicted molar refractivity (Wildman–Crippen MR) is 153 cm³/mol. The first-order valence-electron chi connectivity index (χ1n) is 12.4. The Morgan fingerprint density at radius 2 is 1.85 bits per heavy atom. The van der Waals surface area contributed by atoms with Crippen LogP contribution in [0.15, 0.2) is 47.5 Å². The maximum Gasteiger partial charge on any atom is 0.269 e. The van der Waals surface area contributed by atoms with Gasteiger partial charge in [0.25, 0.3) is 11.5 Å². The van der Waals surface area contributed by atoms with Crippen molar-refractivity contribution in [1.82, 2.24) is 19.1 Å². The minimum atomic E-state index is -0.516. The van der Waals surface area contributed by atoms with Gasteiger partial charge in [0.05, 0.1) is 35.3 Å². The topological polar surface area (TPSA) is 94.3 Å². The number of ether oxygens (including phenoxy) is 1. The third-order valence-electron chi connectivity index (χ3n) is 6.94. The molecule has 39 heavy (non-hydrogen) atoms. The first-order chi connectivity index (χ1) is 18.6. The Labute approximate surface area is 236 Å². The zero-order valence-electron chi connectivity index (χ0n) is 22.4. The van der Waals surface area contributed by atoms with E-state index in [2.05, 4.69) is 33.7 Å². The summed E-state index contributed by atoms with van der Waals surface area (Å²) in [6.45, 7) is 6.08. The van der Waals surface area contributed by atoms with Crippen LogP contribution in [0.25, 0.3) is 11.3 Å². The summed E-state index contributed by atoms with van der Waals surface area (Å²) in [4.78, 5) is 37.1. The van der Waals surface area contributed by atoms with Crippen LogP contribution >= 0.6 is 23.2 Å². The minimum Gasteiger partial charge on any atom is -0.480 e.